The summed E-state index contributed by atoms with van der Waals surface area (Å²) in [5.74, 6) is 0.110. The quantitative estimate of drug-likeness (QED) is 0.657. The standard InChI is InChI=1S/C20H19NO3/c1-3-24-17-14-21(16-12-8-5-9-13-16)19(18(17)20(22)23-2)15-10-6-4-7-11-15/h4-14H,3H2,1-2H3. The molecule has 1 aromatic heterocycles. The molecule has 4 nitrogen and oxygen atoms in total. The number of rotatable bonds is 5. The lowest BCUT2D eigenvalue weighted by Gasteiger charge is -2.11. The van der Waals surface area contributed by atoms with E-state index in [2.05, 4.69) is 0 Å². The minimum Gasteiger partial charge on any atom is -0.491 e. The maximum absolute atomic E-state index is 12.4. The van der Waals surface area contributed by atoms with Crippen LogP contribution in [0.2, 0.25) is 0 Å². The largest absolute Gasteiger partial charge is 0.491 e. The zero-order valence-electron chi connectivity index (χ0n) is 13.7. The van der Waals surface area contributed by atoms with Gasteiger partial charge in [0.1, 0.15) is 5.56 Å². The first-order valence-electron chi connectivity index (χ1n) is 7.83. The summed E-state index contributed by atoms with van der Waals surface area (Å²) in [6, 6.07) is 19.6. The molecule has 0 amide bonds. The van der Waals surface area contributed by atoms with Gasteiger partial charge in [-0.05, 0) is 24.6 Å². The molecular formula is C20H19NO3. The van der Waals surface area contributed by atoms with Crippen molar-refractivity contribution in [3.05, 3.63) is 72.4 Å². The molecule has 0 bridgehead atoms. The van der Waals surface area contributed by atoms with E-state index in [1.165, 1.54) is 7.11 Å². The molecule has 0 saturated carbocycles. The predicted octanol–water partition coefficient (Wildman–Crippen LogP) is 4.33. The monoisotopic (exact) mass is 321 g/mol. The zero-order chi connectivity index (χ0) is 16.9. The Bertz CT molecular complexity index is 823. The van der Waals surface area contributed by atoms with Gasteiger partial charge in [-0.15, -0.1) is 0 Å². The van der Waals surface area contributed by atoms with Crippen molar-refractivity contribution in [2.75, 3.05) is 13.7 Å². The van der Waals surface area contributed by atoms with E-state index < -0.39 is 5.97 Å². The Labute approximate surface area is 141 Å². The molecule has 0 aliphatic rings. The summed E-state index contributed by atoms with van der Waals surface area (Å²) in [6.45, 7) is 2.36. The lowest BCUT2D eigenvalue weighted by Crippen LogP contribution is -2.06. The van der Waals surface area contributed by atoms with Crippen molar-refractivity contribution in [1.82, 2.24) is 4.57 Å². The van der Waals surface area contributed by atoms with E-state index in [0.29, 0.717) is 17.9 Å². The molecule has 4 heteroatoms. The molecule has 0 unspecified atom stereocenters. The van der Waals surface area contributed by atoms with E-state index in [4.69, 9.17) is 9.47 Å². The fourth-order valence-corrected chi connectivity index (χ4v) is 2.72. The molecule has 0 radical (unpaired) electrons. The summed E-state index contributed by atoms with van der Waals surface area (Å²) >= 11 is 0. The highest BCUT2D eigenvalue weighted by Crippen LogP contribution is 2.36. The van der Waals surface area contributed by atoms with Crippen LogP contribution in [-0.4, -0.2) is 24.3 Å². The third-order valence-electron chi connectivity index (χ3n) is 3.74. The van der Waals surface area contributed by atoms with Gasteiger partial charge in [0.25, 0.3) is 0 Å². The van der Waals surface area contributed by atoms with Gasteiger partial charge in [-0.3, -0.25) is 0 Å². The third kappa shape index (κ3) is 2.91. The molecule has 0 aliphatic carbocycles. The molecule has 2 aromatic carbocycles. The normalized spacial score (nSPS) is 10.4. The SMILES string of the molecule is CCOc1cn(-c2ccccc2)c(-c2ccccc2)c1C(=O)OC. The van der Waals surface area contributed by atoms with Gasteiger partial charge >= 0.3 is 5.97 Å². The van der Waals surface area contributed by atoms with Crippen LogP contribution < -0.4 is 4.74 Å². The number of para-hydroxylation sites is 1. The highest BCUT2D eigenvalue weighted by atomic mass is 16.5. The van der Waals surface area contributed by atoms with Crippen molar-refractivity contribution in [3.8, 4) is 22.7 Å². The first-order valence-corrected chi connectivity index (χ1v) is 7.83. The van der Waals surface area contributed by atoms with Crippen molar-refractivity contribution in [3.63, 3.8) is 0 Å². The molecule has 0 saturated heterocycles. The maximum atomic E-state index is 12.4. The van der Waals surface area contributed by atoms with E-state index in [9.17, 15) is 4.79 Å². The van der Waals surface area contributed by atoms with Crippen LogP contribution in [0, 0.1) is 0 Å². The lowest BCUT2D eigenvalue weighted by molar-refractivity contribution is 0.0597. The Hall–Kier alpha value is -3.01. The van der Waals surface area contributed by atoms with Gasteiger partial charge in [-0.25, -0.2) is 4.79 Å². The topological polar surface area (TPSA) is 40.5 Å². The second kappa shape index (κ2) is 7.04. The van der Waals surface area contributed by atoms with Crippen LogP contribution >= 0.6 is 0 Å². The van der Waals surface area contributed by atoms with Crippen LogP contribution in [0.15, 0.2) is 66.9 Å². The van der Waals surface area contributed by atoms with Gasteiger partial charge in [-0.2, -0.15) is 0 Å². The zero-order valence-corrected chi connectivity index (χ0v) is 13.7. The van der Waals surface area contributed by atoms with Crippen molar-refractivity contribution < 1.29 is 14.3 Å². The van der Waals surface area contributed by atoms with Crippen LogP contribution in [0.5, 0.6) is 5.75 Å². The molecule has 24 heavy (non-hydrogen) atoms. The average molecular weight is 321 g/mol. The first kappa shape index (κ1) is 15.9. The summed E-state index contributed by atoms with van der Waals surface area (Å²) in [4.78, 5) is 12.4. The fraction of sp³-hybridized carbons (Fsp3) is 0.150. The Morgan fingerprint density at radius 1 is 1.00 bits per heavy atom. The van der Waals surface area contributed by atoms with Gasteiger partial charge in [-0.1, -0.05) is 48.5 Å². The Kier molecular flexibility index (Phi) is 4.66. The second-order valence-corrected chi connectivity index (χ2v) is 5.21. The lowest BCUT2D eigenvalue weighted by atomic mass is 10.1. The van der Waals surface area contributed by atoms with E-state index in [-0.39, 0.29) is 0 Å². The number of esters is 1. The Balaban J connectivity index is 2.31. The number of carbonyl (C=O) groups excluding carboxylic acids is 1. The summed E-state index contributed by atoms with van der Waals surface area (Å²) in [6.07, 6.45) is 1.84. The molecule has 122 valence electrons. The Morgan fingerprint density at radius 3 is 2.21 bits per heavy atom. The van der Waals surface area contributed by atoms with Crippen molar-refractivity contribution >= 4 is 5.97 Å². The van der Waals surface area contributed by atoms with E-state index >= 15 is 0 Å². The number of hydrogen-bond acceptors (Lipinski definition) is 3. The highest BCUT2D eigenvalue weighted by molar-refractivity contribution is 6.00. The van der Waals surface area contributed by atoms with E-state index in [1.807, 2.05) is 78.4 Å². The van der Waals surface area contributed by atoms with Gasteiger partial charge < -0.3 is 14.0 Å². The smallest absolute Gasteiger partial charge is 0.343 e. The molecule has 0 fully saturated rings. The molecule has 1 heterocycles. The number of carbonyl (C=O) groups is 1. The van der Waals surface area contributed by atoms with Crippen LogP contribution in [-0.2, 0) is 4.74 Å². The molecule has 0 aliphatic heterocycles. The van der Waals surface area contributed by atoms with Gasteiger partial charge in [0.2, 0.25) is 0 Å². The summed E-state index contributed by atoms with van der Waals surface area (Å²) < 4.78 is 12.7. The molecule has 0 spiro atoms. The third-order valence-corrected chi connectivity index (χ3v) is 3.74. The van der Waals surface area contributed by atoms with Crippen LogP contribution in [0.4, 0.5) is 0 Å². The van der Waals surface area contributed by atoms with Crippen molar-refractivity contribution in [1.29, 1.82) is 0 Å². The first-order chi connectivity index (χ1) is 11.8. The number of benzene rings is 2. The van der Waals surface area contributed by atoms with E-state index in [1.54, 1.807) is 0 Å². The maximum Gasteiger partial charge on any atom is 0.343 e. The summed E-state index contributed by atoms with van der Waals surface area (Å²) in [7, 11) is 1.38. The van der Waals surface area contributed by atoms with Gasteiger partial charge in [0, 0.05) is 5.69 Å². The average Bonchev–Trinajstić information content (AvgIpc) is 3.02. The van der Waals surface area contributed by atoms with E-state index in [0.717, 1.165) is 16.9 Å². The predicted molar refractivity (Wildman–Crippen MR) is 93.7 cm³/mol. The number of methoxy groups -OCH3 is 1. The summed E-state index contributed by atoms with van der Waals surface area (Å²) in [5.41, 5.74) is 3.08. The molecule has 3 rings (SSSR count). The van der Waals surface area contributed by atoms with Crippen LogP contribution in [0.25, 0.3) is 16.9 Å². The number of aromatic nitrogens is 1. The fourth-order valence-electron chi connectivity index (χ4n) is 2.72. The van der Waals surface area contributed by atoms with Gasteiger partial charge in [0.05, 0.1) is 25.6 Å². The van der Waals surface area contributed by atoms with Crippen molar-refractivity contribution in [2.45, 2.75) is 6.92 Å². The molecule has 0 atom stereocenters. The highest BCUT2D eigenvalue weighted by Gasteiger charge is 2.25. The molecule has 3 aromatic rings. The molecular weight excluding hydrogens is 302 g/mol. The Morgan fingerprint density at radius 2 is 1.62 bits per heavy atom. The number of ether oxygens (including phenoxy) is 2. The van der Waals surface area contributed by atoms with Crippen molar-refractivity contribution in [2.24, 2.45) is 0 Å². The summed E-state index contributed by atoms with van der Waals surface area (Å²) in [5, 5.41) is 0. The van der Waals surface area contributed by atoms with Crippen LogP contribution in [0.3, 0.4) is 0 Å². The minimum absolute atomic E-state index is 0.410. The number of nitrogens with zero attached hydrogens (tertiary/aromatic N) is 1. The minimum atomic E-state index is -0.410. The van der Waals surface area contributed by atoms with Crippen LogP contribution in [0.1, 0.15) is 17.3 Å². The van der Waals surface area contributed by atoms with Gasteiger partial charge in [0.15, 0.2) is 5.75 Å². The second-order valence-electron chi connectivity index (χ2n) is 5.21. The number of hydrogen-bond donors (Lipinski definition) is 0. The molecule has 0 N–H and O–H groups in total.